The van der Waals surface area contributed by atoms with Crippen LogP contribution in [0.25, 0.3) is 0 Å². The van der Waals surface area contributed by atoms with Crippen molar-refractivity contribution < 1.29 is 4.79 Å². The van der Waals surface area contributed by atoms with E-state index in [1.165, 1.54) is 0 Å². The average Bonchev–Trinajstić information content (AvgIpc) is 1.80. The van der Waals surface area contributed by atoms with E-state index in [9.17, 15) is 4.79 Å². The smallest absolute Gasteiger partial charge is 0.223 e. The highest BCUT2D eigenvalue weighted by Crippen LogP contribution is 2.25. The first kappa shape index (κ1) is 12.5. The average molecular weight is 184 g/mol. The summed E-state index contributed by atoms with van der Waals surface area (Å²) in [5, 5.41) is 0. The molecule has 0 atom stereocenters. The predicted molar refractivity (Wildman–Crippen MR) is 56.3 cm³/mol. The summed E-state index contributed by atoms with van der Waals surface area (Å²) in [4.78, 5) is 13.6. The summed E-state index contributed by atoms with van der Waals surface area (Å²) in [7, 11) is 0. The van der Waals surface area contributed by atoms with Crippen LogP contribution in [0.2, 0.25) is 0 Å². The molecule has 2 heteroatoms. The van der Waals surface area contributed by atoms with Gasteiger partial charge in [0, 0.05) is 17.5 Å². The van der Waals surface area contributed by atoms with Crippen LogP contribution in [0.5, 0.6) is 0 Å². The zero-order chi connectivity index (χ0) is 10.9. The van der Waals surface area contributed by atoms with Gasteiger partial charge >= 0.3 is 0 Å². The second kappa shape index (κ2) is 3.69. The standard InChI is InChI=1S/C11H22NO/c1-8-9(13)12(10(2,3)4)11(5,6)7/h1,8H2,2-7H3. The highest BCUT2D eigenvalue weighted by molar-refractivity contribution is 5.78. The van der Waals surface area contributed by atoms with Crippen molar-refractivity contribution in [2.45, 2.75) is 59.0 Å². The molecule has 0 spiro atoms. The summed E-state index contributed by atoms with van der Waals surface area (Å²) < 4.78 is 0. The van der Waals surface area contributed by atoms with Crippen molar-refractivity contribution in [3.63, 3.8) is 0 Å². The van der Waals surface area contributed by atoms with Gasteiger partial charge in [-0.1, -0.05) is 0 Å². The number of hydrogen-bond acceptors (Lipinski definition) is 1. The Morgan fingerprint density at radius 2 is 1.38 bits per heavy atom. The summed E-state index contributed by atoms with van der Waals surface area (Å²) in [6, 6.07) is 0. The minimum Gasteiger partial charge on any atom is -0.333 e. The third-order valence-electron chi connectivity index (χ3n) is 1.80. The van der Waals surface area contributed by atoms with Gasteiger partial charge < -0.3 is 4.90 Å². The van der Waals surface area contributed by atoms with Crippen LogP contribution < -0.4 is 0 Å². The Kier molecular flexibility index (Phi) is 3.54. The molecule has 0 aliphatic heterocycles. The monoisotopic (exact) mass is 184 g/mol. The van der Waals surface area contributed by atoms with Crippen LogP contribution in [0.1, 0.15) is 48.0 Å². The highest BCUT2D eigenvalue weighted by Gasteiger charge is 2.34. The minimum absolute atomic E-state index is 0.111. The molecule has 13 heavy (non-hydrogen) atoms. The number of carbonyl (C=O) groups excluding carboxylic acids is 1. The van der Waals surface area contributed by atoms with Gasteiger partial charge in [-0.05, 0) is 48.5 Å². The Balaban J connectivity index is 4.89. The number of hydrogen-bond donors (Lipinski definition) is 0. The summed E-state index contributed by atoms with van der Waals surface area (Å²) >= 11 is 0. The highest BCUT2D eigenvalue weighted by atomic mass is 16.2. The van der Waals surface area contributed by atoms with Crippen LogP contribution in [0.15, 0.2) is 0 Å². The van der Waals surface area contributed by atoms with Crippen molar-refractivity contribution in [1.29, 1.82) is 0 Å². The van der Waals surface area contributed by atoms with Crippen LogP contribution in [0.3, 0.4) is 0 Å². The fourth-order valence-corrected chi connectivity index (χ4v) is 1.87. The Labute approximate surface area is 82.3 Å². The molecule has 0 bridgehead atoms. The van der Waals surface area contributed by atoms with E-state index in [0.29, 0.717) is 6.42 Å². The van der Waals surface area contributed by atoms with Gasteiger partial charge in [0.05, 0.1) is 0 Å². The van der Waals surface area contributed by atoms with Crippen molar-refractivity contribution in [2.24, 2.45) is 0 Å². The van der Waals surface area contributed by atoms with Gasteiger partial charge in [0.2, 0.25) is 5.91 Å². The van der Waals surface area contributed by atoms with Gasteiger partial charge in [-0.25, -0.2) is 0 Å². The maximum Gasteiger partial charge on any atom is 0.223 e. The maximum absolute atomic E-state index is 11.7. The molecular formula is C11H22NO. The van der Waals surface area contributed by atoms with Crippen molar-refractivity contribution in [2.75, 3.05) is 0 Å². The fourth-order valence-electron chi connectivity index (χ4n) is 1.87. The van der Waals surface area contributed by atoms with E-state index in [4.69, 9.17) is 0 Å². The molecule has 0 heterocycles. The Hall–Kier alpha value is -0.530. The molecule has 0 unspecified atom stereocenters. The van der Waals surface area contributed by atoms with Crippen LogP contribution in [0, 0.1) is 6.92 Å². The quantitative estimate of drug-likeness (QED) is 0.613. The molecule has 0 saturated heterocycles. The number of rotatable bonds is 1. The lowest BCUT2D eigenvalue weighted by Crippen LogP contribution is -2.55. The van der Waals surface area contributed by atoms with E-state index in [2.05, 4.69) is 6.92 Å². The van der Waals surface area contributed by atoms with Crippen molar-refractivity contribution in [3.05, 3.63) is 6.92 Å². The van der Waals surface area contributed by atoms with Gasteiger partial charge in [0.1, 0.15) is 0 Å². The topological polar surface area (TPSA) is 20.3 Å². The molecule has 0 rings (SSSR count). The predicted octanol–water partition coefficient (Wildman–Crippen LogP) is 2.64. The largest absolute Gasteiger partial charge is 0.333 e. The van der Waals surface area contributed by atoms with Crippen LogP contribution in [0.4, 0.5) is 0 Å². The Bertz CT molecular complexity index is 169. The van der Waals surface area contributed by atoms with Gasteiger partial charge in [-0.15, -0.1) is 0 Å². The molecule has 0 aliphatic carbocycles. The summed E-state index contributed by atoms with van der Waals surface area (Å²) in [6.45, 7) is 15.9. The third-order valence-corrected chi connectivity index (χ3v) is 1.80. The molecule has 77 valence electrons. The van der Waals surface area contributed by atoms with Gasteiger partial charge in [0.25, 0.3) is 0 Å². The zero-order valence-corrected chi connectivity index (χ0v) is 9.77. The number of nitrogens with zero attached hydrogens (tertiary/aromatic N) is 1. The Morgan fingerprint density at radius 1 is 1.08 bits per heavy atom. The third kappa shape index (κ3) is 3.37. The van der Waals surface area contributed by atoms with E-state index in [0.717, 1.165) is 0 Å². The second-order valence-electron chi connectivity index (χ2n) is 5.32. The summed E-state index contributed by atoms with van der Waals surface area (Å²) in [5.74, 6) is 0.111. The Morgan fingerprint density at radius 3 is 1.46 bits per heavy atom. The SMILES string of the molecule is [CH2]CC(=O)N(C(C)(C)C)C(C)(C)C. The summed E-state index contributed by atoms with van der Waals surface area (Å²) in [6.07, 6.45) is 0.328. The molecule has 0 aromatic heterocycles. The normalized spacial score (nSPS) is 12.8. The van der Waals surface area contributed by atoms with E-state index in [1.54, 1.807) is 0 Å². The minimum atomic E-state index is -0.132. The second-order valence-corrected chi connectivity index (χ2v) is 5.32. The molecule has 1 amide bonds. The van der Waals surface area contributed by atoms with Gasteiger partial charge in [0.15, 0.2) is 0 Å². The van der Waals surface area contributed by atoms with Crippen LogP contribution in [-0.4, -0.2) is 21.9 Å². The first-order valence-electron chi connectivity index (χ1n) is 4.73. The number of carbonyl (C=O) groups is 1. The first-order valence-corrected chi connectivity index (χ1v) is 4.73. The molecule has 0 N–H and O–H groups in total. The fraction of sp³-hybridized carbons (Fsp3) is 0.818. The molecular weight excluding hydrogens is 162 g/mol. The van der Waals surface area contributed by atoms with E-state index >= 15 is 0 Å². The van der Waals surface area contributed by atoms with E-state index < -0.39 is 0 Å². The van der Waals surface area contributed by atoms with E-state index in [-0.39, 0.29) is 17.0 Å². The molecule has 0 aromatic rings. The first-order chi connectivity index (χ1) is 5.60. The maximum atomic E-state index is 11.7. The number of amides is 1. The molecule has 0 aromatic carbocycles. The lowest BCUT2D eigenvalue weighted by molar-refractivity contribution is -0.141. The zero-order valence-electron chi connectivity index (χ0n) is 9.77. The molecule has 0 fully saturated rings. The van der Waals surface area contributed by atoms with E-state index in [1.807, 2.05) is 46.4 Å². The van der Waals surface area contributed by atoms with Crippen molar-refractivity contribution in [3.8, 4) is 0 Å². The molecule has 0 saturated carbocycles. The molecule has 2 nitrogen and oxygen atoms in total. The van der Waals surface area contributed by atoms with Crippen LogP contribution >= 0.6 is 0 Å². The van der Waals surface area contributed by atoms with Crippen molar-refractivity contribution in [1.82, 2.24) is 4.90 Å². The van der Waals surface area contributed by atoms with Gasteiger partial charge in [-0.3, -0.25) is 4.79 Å². The van der Waals surface area contributed by atoms with Crippen molar-refractivity contribution >= 4 is 5.91 Å². The lowest BCUT2D eigenvalue weighted by Gasteiger charge is -2.45. The molecule has 0 aliphatic rings. The lowest BCUT2D eigenvalue weighted by atomic mass is 9.95. The van der Waals surface area contributed by atoms with Crippen LogP contribution in [-0.2, 0) is 4.79 Å². The van der Waals surface area contributed by atoms with Gasteiger partial charge in [-0.2, -0.15) is 0 Å². The molecule has 1 radical (unpaired) electrons. The summed E-state index contributed by atoms with van der Waals surface area (Å²) in [5.41, 5.74) is -0.264.